The van der Waals surface area contributed by atoms with Gasteiger partial charge in [-0.25, -0.2) is 0 Å². The Hall–Kier alpha value is -0.520. The molecule has 1 unspecified atom stereocenters. The zero-order valence-corrected chi connectivity index (χ0v) is 5.85. The minimum Gasteiger partial charge on any atom is -0.378 e. The molecular weight excluding hydrogens is 116 g/mol. The highest BCUT2D eigenvalue weighted by molar-refractivity contribution is 5.04. The van der Waals surface area contributed by atoms with E-state index in [0.717, 1.165) is 0 Å². The van der Waals surface area contributed by atoms with Gasteiger partial charge in [0.25, 0.3) is 0 Å². The topological polar surface area (TPSA) is 29.5 Å². The zero-order chi connectivity index (χ0) is 7.33. The largest absolute Gasteiger partial charge is 0.378 e. The van der Waals surface area contributed by atoms with E-state index < -0.39 is 5.60 Å². The molecule has 0 saturated heterocycles. The molecule has 0 aliphatic rings. The van der Waals surface area contributed by atoms with Crippen molar-refractivity contribution in [2.75, 3.05) is 13.2 Å². The number of hydrogen-bond acceptors (Lipinski definition) is 2. The van der Waals surface area contributed by atoms with Crippen LogP contribution in [0.15, 0.2) is 0 Å². The van der Waals surface area contributed by atoms with Crippen molar-refractivity contribution in [1.82, 2.24) is 0 Å². The van der Waals surface area contributed by atoms with E-state index in [1.807, 2.05) is 6.92 Å². The Kier molecular flexibility index (Phi) is 3.29. The van der Waals surface area contributed by atoms with Crippen LogP contribution in [0.2, 0.25) is 0 Å². The van der Waals surface area contributed by atoms with Gasteiger partial charge in [0, 0.05) is 6.61 Å². The van der Waals surface area contributed by atoms with Crippen LogP contribution in [0.4, 0.5) is 0 Å². The summed E-state index contributed by atoms with van der Waals surface area (Å²) in [6.45, 7) is 4.19. The molecule has 0 aromatic heterocycles. The van der Waals surface area contributed by atoms with Crippen LogP contribution in [-0.4, -0.2) is 23.9 Å². The highest BCUT2D eigenvalue weighted by atomic mass is 16.5. The summed E-state index contributed by atoms with van der Waals surface area (Å²) >= 11 is 0. The van der Waals surface area contributed by atoms with Crippen molar-refractivity contribution in [1.29, 1.82) is 0 Å². The Morgan fingerprint density at radius 1 is 1.78 bits per heavy atom. The summed E-state index contributed by atoms with van der Waals surface area (Å²) in [5.74, 6) is 2.21. The second-order valence-corrected chi connectivity index (χ2v) is 2.06. The third-order valence-electron chi connectivity index (χ3n) is 0.898. The Labute approximate surface area is 55.8 Å². The standard InChI is InChI=1S/C7H12O2/c1-4-7(3,8)6-9-5-2/h1,8H,5-6H2,2-3H3. The SMILES string of the molecule is C#CC(C)(O)COCC. The molecule has 0 bridgehead atoms. The van der Waals surface area contributed by atoms with Crippen molar-refractivity contribution in [2.24, 2.45) is 0 Å². The van der Waals surface area contributed by atoms with E-state index in [1.165, 1.54) is 0 Å². The molecule has 52 valence electrons. The molecule has 0 aliphatic carbocycles. The first kappa shape index (κ1) is 8.48. The molecule has 0 amide bonds. The minimum absolute atomic E-state index is 0.208. The van der Waals surface area contributed by atoms with E-state index in [0.29, 0.717) is 6.61 Å². The summed E-state index contributed by atoms with van der Waals surface area (Å²) in [4.78, 5) is 0. The van der Waals surface area contributed by atoms with Gasteiger partial charge >= 0.3 is 0 Å². The third-order valence-corrected chi connectivity index (χ3v) is 0.898. The lowest BCUT2D eigenvalue weighted by Crippen LogP contribution is -2.28. The maximum Gasteiger partial charge on any atom is 0.145 e. The molecule has 0 saturated carbocycles. The lowest BCUT2D eigenvalue weighted by Gasteiger charge is -2.14. The fourth-order valence-corrected chi connectivity index (χ4v) is 0.342. The monoisotopic (exact) mass is 128 g/mol. The fraction of sp³-hybridized carbons (Fsp3) is 0.714. The van der Waals surface area contributed by atoms with E-state index in [1.54, 1.807) is 6.92 Å². The van der Waals surface area contributed by atoms with Crippen molar-refractivity contribution in [3.63, 3.8) is 0 Å². The van der Waals surface area contributed by atoms with Gasteiger partial charge in [0.2, 0.25) is 0 Å². The average Bonchev–Trinajstić information content (AvgIpc) is 1.84. The van der Waals surface area contributed by atoms with Gasteiger partial charge in [-0.2, -0.15) is 0 Å². The smallest absolute Gasteiger partial charge is 0.145 e. The van der Waals surface area contributed by atoms with Crippen LogP contribution in [0, 0.1) is 12.3 Å². The summed E-state index contributed by atoms with van der Waals surface area (Å²) in [5, 5.41) is 9.09. The molecular formula is C7H12O2. The van der Waals surface area contributed by atoms with Crippen molar-refractivity contribution in [3.05, 3.63) is 0 Å². The molecule has 0 heterocycles. The number of ether oxygens (including phenoxy) is 1. The summed E-state index contributed by atoms with van der Waals surface area (Å²) < 4.78 is 4.90. The Balaban J connectivity index is 3.49. The van der Waals surface area contributed by atoms with E-state index in [2.05, 4.69) is 5.92 Å². The van der Waals surface area contributed by atoms with Crippen LogP contribution >= 0.6 is 0 Å². The van der Waals surface area contributed by atoms with Gasteiger partial charge in [-0.3, -0.25) is 0 Å². The van der Waals surface area contributed by atoms with Gasteiger partial charge in [0.1, 0.15) is 5.60 Å². The molecule has 2 nitrogen and oxygen atoms in total. The number of rotatable bonds is 3. The molecule has 0 aromatic rings. The van der Waals surface area contributed by atoms with Gasteiger partial charge in [0.05, 0.1) is 6.61 Å². The summed E-state index contributed by atoms with van der Waals surface area (Å²) in [7, 11) is 0. The van der Waals surface area contributed by atoms with E-state index in [9.17, 15) is 0 Å². The summed E-state index contributed by atoms with van der Waals surface area (Å²) in [5.41, 5.74) is -1.10. The average molecular weight is 128 g/mol. The first-order valence-electron chi connectivity index (χ1n) is 2.90. The second kappa shape index (κ2) is 3.49. The van der Waals surface area contributed by atoms with Gasteiger partial charge in [-0.05, 0) is 13.8 Å². The first-order chi connectivity index (χ1) is 4.12. The van der Waals surface area contributed by atoms with Crippen molar-refractivity contribution >= 4 is 0 Å². The fourth-order valence-electron chi connectivity index (χ4n) is 0.342. The van der Waals surface area contributed by atoms with E-state index >= 15 is 0 Å². The Morgan fingerprint density at radius 2 is 2.33 bits per heavy atom. The number of aliphatic hydroxyl groups is 1. The van der Waals surface area contributed by atoms with Gasteiger partial charge < -0.3 is 9.84 Å². The molecule has 0 aromatic carbocycles. The molecule has 1 atom stereocenters. The number of hydrogen-bond donors (Lipinski definition) is 1. The van der Waals surface area contributed by atoms with Gasteiger partial charge in [0.15, 0.2) is 0 Å². The molecule has 0 aliphatic heterocycles. The van der Waals surface area contributed by atoms with E-state index in [-0.39, 0.29) is 6.61 Å². The zero-order valence-electron chi connectivity index (χ0n) is 5.85. The predicted octanol–water partition coefficient (Wildman–Crippen LogP) is 0.407. The van der Waals surface area contributed by atoms with Crippen LogP contribution in [-0.2, 0) is 4.74 Å². The van der Waals surface area contributed by atoms with E-state index in [4.69, 9.17) is 16.3 Å². The van der Waals surface area contributed by atoms with Crippen LogP contribution in [0.1, 0.15) is 13.8 Å². The lowest BCUT2D eigenvalue weighted by atomic mass is 10.1. The molecule has 0 radical (unpaired) electrons. The van der Waals surface area contributed by atoms with Crippen molar-refractivity contribution < 1.29 is 9.84 Å². The molecule has 9 heavy (non-hydrogen) atoms. The Morgan fingerprint density at radius 3 is 2.67 bits per heavy atom. The highest BCUT2D eigenvalue weighted by Gasteiger charge is 2.15. The second-order valence-electron chi connectivity index (χ2n) is 2.06. The van der Waals surface area contributed by atoms with Gasteiger partial charge in [-0.1, -0.05) is 5.92 Å². The molecule has 0 fully saturated rings. The molecule has 2 heteroatoms. The minimum atomic E-state index is -1.10. The summed E-state index contributed by atoms with van der Waals surface area (Å²) in [6.07, 6.45) is 4.97. The highest BCUT2D eigenvalue weighted by Crippen LogP contribution is 1.99. The maximum absolute atomic E-state index is 9.09. The van der Waals surface area contributed by atoms with Crippen LogP contribution in [0.25, 0.3) is 0 Å². The van der Waals surface area contributed by atoms with Crippen LogP contribution in [0.5, 0.6) is 0 Å². The Bertz CT molecular complexity index is 111. The summed E-state index contributed by atoms with van der Waals surface area (Å²) in [6, 6.07) is 0. The van der Waals surface area contributed by atoms with Crippen molar-refractivity contribution in [3.8, 4) is 12.3 Å². The predicted molar refractivity (Wildman–Crippen MR) is 35.9 cm³/mol. The van der Waals surface area contributed by atoms with Gasteiger partial charge in [-0.15, -0.1) is 6.42 Å². The first-order valence-corrected chi connectivity index (χ1v) is 2.90. The quantitative estimate of drug-likeness (QED) is 0.558. The van der Waals surface area contributed by atoms with Crippen molar-refractivity contribution in [2.45, 2.75) is 19.4 Å². The third kappa shape index (κ3) is 4.01. The lowest BCUT2D eigenvalue weighted by molar-refractivity contribution is 0.00967. The van der Waals surface area contributed by atoms with Crippen LogP contribution in [0.3, 0.4) is 0 Å². The van der Waals surface area contributed by atoms with Crippen LogP contribution < -0.4 is 0 Å². The molecule has 0 spiro atoms. The number of terminal acetylenes is 1. The normalized spacial score (nSPS) is 16.2. The molecule has 0 rings (SSSR count). The molecule has 1 N–H and O–H groups in total. The maximum atomic E-state index is 9.09.